The summed E-state index contributed by atoms with van der Waals surface area (Å²) in [4.78, 5) is 4.80. The zero-order valence-electron chi connectivity index (χ0n) is 15.7. The van der Waals surface area contributed by atoms with Crippen molar-refractivity contribution >= 4 is 0 Å². The van der Waals surface area contributed by atoms with Crippen LogP contribution in [-0.4, -0.2) is 26.8 Å². The van der Waals surface area contributed by atoms with E-state index in [9.17, 15) is 26.3 Å². The van der Waals surface area contributed by atoms with E-state index in [-0.39, 0.29) is 22.2 Å². The Bertz CT molecular complexity index is 1050. The van der Waals surface area contributed by atoms with Crippen LogP contribution in [0.15, 0.2) is 30.3 Å². The summed E-state index contributed by atoms with van der Waals surface area (Å²) in [6.45, 7) is 1.64. The number of nitrogens with zero attached hydrogens (tertiary/aromatic N) is 4. The summed E-state index contributed by atoms with van der Waals surface area (Å²) < 4.78 is 89.0. The highest BCUT2D eigenvalue weighted by Crippen LogP contribution is 2.35. The molecule has 0 saturated carbocycles. The highest BCUT2D eigenvalue weighted by molar-refractivity contribution is 5.41. The molecule has 13 heteroatoms. The van der Waals surface area contributed by atoms with E-state index in [4.69, 9.17) is 9.47 Å². The fourth-order valence-corrected chi connectivity index (χ4v) is 2.48. The minimum Gasteiger partial charge on any atom is -0.439 e. The van der Waals surface area contributed by atoms with Crippen molar-refractivity contribution in [2.75, 3.05) is 7.11 Å². The molecule has 0 amide bonds. The minimum atomic E-state index is -4.72. The molecule has 2 heterocycles. The first-order valence-electron chi connectivity index (χ1n) is 8.17. The van der Waals surface area contributed by atoms with Crippen LogP contribution in [0, 0.1) is 6.92 Å². The van der Waals surface area contributed by atoms with Gasteiger partial charge in [-0.25, -0.2) is 4.68 Å². The van der Waals surface area contributed by atoms with Gasteiger partial charge in [-0.05, 0) is 24.6 Å². The zero-order chi connectivity index (χ0) is 22.3. The van der Waals surface area contributed by atoms with E-state index in [0.717, 1.165) is 17.9 Å². The summed E-state index contributed by atoms with van der Waals surface area (Å²) in [5.74, 6) is -0.454. The molecule has 0 aliphatic heterocycles. The van der Waals surface area contributed by atoms with Crippen LogP contribution in [-0.2, 0) is 19.4 Å². The van der Waals surface area contributed by atoms with Crippen LogP contribution in [0.1, 0.15) is 17.0 Å². The Balaban J connectivity index is 1.86. The van der Waals surface area contributed by atoms with Gasteiger partial charge in [0.15, 0.2) is 11.4 Å². The lowest BCUT2D eigenvalue weighted by molar-refractivity contribution is -0.152. The van der Waals surface area contributed by atoms with E-state index in [2.05, 4.69) is 15.0 Å². The quantitative estimate of drug-likeness (QED) is 0.547. The summed E-state index contributed by atoms with van der Waals surface area (Å²) in [5, 5.41) is 6.89. The molecule has 0 fully saturated rings. The van der Waals surface area contributed by atoms with Crippen LogP contribution < -0.4 is 14.3 Å². The lowest BCUT2D eigenvalue weighted by atomic mass is 10.2. The van der Waals surface area contributed by atoms with Gasteiger partial charge in [-0.15, -0.1) is 0 Å². The van der Waals surface area contributed by atoms with Gasteiger partial charge >= 0.3 is 12.4 Å². The fourth-order valence-electron chi connectivity index (χ4n) is 2.48. The van der Waals surface area contributed by atoms with Gasteiger partial charge in [0.2, 0.25) is 11.8 Å². The monoisotopic (exact) mass is 436 g/mol. The molecule has 0 N–H and O–H groups in total. The third-order valence-corrected chi connectivity index (χ3v) is 3.72. The molecule has 0 bridgehead atoms. The molecule has 0 atom stereocenters. The van der Waals surface area contributed by atoms with Crippen molar-refractivity contribution in [1.82, 2.24) is 19.7 Å². The largest absolute Gasteiger partial charge is 0.439 e. The average Bonchev–Trinajstić information content (AvgIpc) is 3.18. The van der Waals surface area contributed by atoms with Gasteiger partial charge in [-0.3, -0.25) is 0 Å². The Morgan fingerprint density at radius 1 is 0.833 bits per heavy atom. The maximum absolute atomic E-state index is 13.0. The SMILES string of the molecule is COn1nc(Oc2cc(C)cc(Oc3cc(C(F)(F)F)nn3C)c2)cc1C(F)(F)F. The second kappa shape index (κ2) is 7.46. The van der Waals surface area contributed by atoms with E-state index in [0.29, 0.717) is 11.6 Å². The Morgan fingerprint density at radius 3 is 1.97 bits per heavy atom. The zero-order valence-corrected chi connectivity index (χ0v) is 15.7. The lowest BCUT2D eigenvalue weighted by Gasteiger charge is -2.09. The summed E-state index contributed by atoms with van der Waals surface area (Å²) in [6.07, 6.45) is -9.36. The summed E-state index contributed by atoms with van der Waals surface area (Å²) in [7, 11) is 2.28. The van der Waals surface area contributed by atoms with E-state index < -0.39 is 29.6 Å². The van der Waals surface area contributed by atoms with Gasteiger partial charge < -0.3 is 14.3 Å². The maximum atomic E-state index is 13.0. The number of aryl methyl sites for hydroxylation is 2. The van der Waals surface area contributed by atoms with Gasteiger partial charge in [-0.2, -0.15) is 31.4 Å². The van der Waals surface area contributed by atoms with Crippen LogP contribution in [0.3, 0.4) is 0 Å². The first kappa shape index (κ1) is 21.3. The number of rotatable bonds is 5. The van der Waals surface area contributed by atoms with Crippen molar-refractivity contribution in [3.05, 3.63) is 47.3 Å². The van der Waals surface area contributed by atoms with Gasteiger partial charge in [0.05, 0.1) is 0 Å². The predicted molar refractivity (Wildman–Crippen MR) is 89.3 cm³/mol. The van der Waals surface area contributed by atoms with Crippen LogP contribution in [0.2, 0.25) is 0 Å². The lowest BCUT2D eigenvalue weighted by Crippen LogP contribution is -2.18. The van der Waals surface area contributed by atoms with Crippen molar-refractivity contribution in [3.8, 4) is 23.3 Å². The highest BCUT2D eigenvalue weighted by atomic mass is 19.4. The van der Waals surface area contributed by atoms with Gasteiger partial charge in [0.1, 0.15) is 18.6 Å². The summed E-state index contributed by atoms with van der Waals surface area (Å²) >= 11 is 0. The van der Waals surface area contributed by atoms with Gasteiger partial charge in [0.25, 0.3) is 0 Å². The minimum absolute atomic E-state index is 0.0534. The van der Waals surface area contributed by atoms with Crippen LogP contribution in [0.25, 0.3) is 0 Å². The molecule has 0 aliphatic carbocycles. The topological polar surface area (TPSA) is 63.3 Å². The number of alkyl halides is 6. The second-order valence-corrected chi connectivity index (χ2v) is 6.10. The van der Waals surface area contributed by atoms with Crippen LogP contribution in [0.5, 0.6) is 23.3 Å². The molecule has 0 aliphatic rings. The van der Waals surface area contributed by atoms with Crippen molar-refractivity contribution in [1.29, 1.82) is 0 Å². The maximum Gasteiger partial charge on any atom is 0.436 e. The molecule has 1 aromatic carbocycles. The third kappa shape index (κ3) is 4.60. The molecule has 0 unspecified atom stereocenters. The fraction of sp³-hybridized carbons (Fsp3) is 0.294. The molecule has 3 rings (SSSR count). The van der Waals surface area contributed by atoms with E-state index in [1.807, 2.05) is 0 Å². The molecule has 30 heavy (non-hydrogen) atoms. The van der Waals surface area contributed by atoms with Crippen molar-refractivity contribution < 1.29 is 40.7 Å². The van der Waals surface area contributed by atoms with Crippen molar-refractivity contribution in [3.63, 3.8) is 0 Å². The molecule has 162 valence electrons. The molecule has 0 saturated heterocycles. The normalized spacial score (nSPS) is 12.2. The Hall–Kier alpha value is -3.38. The first-order chi connectivity index (χ1) is 13.9. The Kier molecular flexibility index (Phi) is 5.31. The highest BCUT2D eigenvalue weighted by Gasteiger charge is 2.37. The Morgan fingerprint density at radius 2 is 1.47 bits per heavy atom. The number of aromatic nitrogens is 4. The van der Waals surface area contributed by atoms with Crippen molar-refractivity contribution in [2.45, 2.75) is 19.3 Å². The van der Waals surface area contributed by atoms with E-state index in [1.165, 1.54) is 25.2 Å². The summed E-state index contributed by atoms with van der Waals surface area (Å²) in [5.41, 5.74) is -1.74. The standard InChI is InChI=1S/C17H14F6N4O3/c1-9-4-10(29-14-8-13(17(21,22)23)27(25-14)28-3)6-11(5-9)30-15-7-12(16(18,19)20)24-26(15)2/h4-8H,1-3H3. The van der Waals surface area contributed by atoms with E-state index >= 15 is 0 Å². The van der Waals surface area contributed by atoms with Crippen molar-refractivity contribution in [2.24, 2.45) is 7.05 Å². The summed E-state index contributed by atoms with van der Waals surface area (Å²) in [6, 6.07) is 5.63. The number of benzene rings is 1. The number of ether oxygens (including phenoxy) is 2. The molecular formula is C17H14F6N4O3. The molecule has 3 aromatic rings. The van der Waals surface area contributed by atoms with Gasteiger partial charge in [0, 0.05) is 25.2 Å². The molecular weight excluding hydrogens is 422 g/mol. The second-order valence-electron chi connectivity index (χ2n) is 6.10. The van der Waals surface area contributed by atoms with Gasteiger partial charge in [-0.1, -0.05) is 9.94 Å². The van der Waals surface area contributed by atoms with Crippen LogP contribution >= 0.6 is 0 Å². The first-order valence-corrected chi connectivity index (χ1v) is 8.17. The average molecular weight is 436 g/mol. The molecule has 2 aromatic heterocycles. The number of hydrogen-bond acceptors (Lipinski definition) is 5. The molecule has 0 spiro atoms. The smallest absolute Gasteiger partial charge is 0.436 e. The van der Waals surface area contributed by atoms with Crippen LogP contribution in [0.4, 0.5) is 26.3 Å². The third-order valence-electron chi connectivity index (χ3n) is 3.72. The van der Waals surface area contributed by atoms with E-state index in [1.54, 1.807) is 6.92 Å². The predicted octanol–water partition coefficient (Wildman–Crippen LogP) is 4.61. The number of hydrogen-bond donors (Lipinski definition) is 0. The molecule has 7 nitrogen and oxygen atoms in total. The molecule has 0 radical (unpaired) electrons. The number of halogens is 6. The Labute approximate surface area is 165 Å².